The molecule has 0 saturated heterocycles. The van der Waals surface area contributed by atoms with Crippen LogP contribution in [0.25, 0.3) is 10.8 Å². The van der Waals surface area contributed by atoms with E-state index >= 15 is 0 Å². The van der Waals surface area contributed by atoms with Crippen LogP contribution >= 0.6 is 0 Å². The second-order valence-corrected chi connectivity index (χ2v) is 9.71. The van der Waals surface area contributed by atoms with Crippen molar-refractivity contribution in [2.45, 2.75) is 6.61 Å². The Balaban J connectivity index is 1.25. The van der Waals surface area contributed by atoms with Crippen LogP contribution in [0.3, 0.4) is 0 Å². The number of carbonyl (C=O) groups excluding carboxylic acids is 1. The van der Waals surface area contributed by atoms with Crippen molar-refractivity contribution >= 4 is 28.7 Å². The zero-order valence-corrected chi connectivity index (χ0v) is 24.6. The lowest BCUT2D eigenvalue weighted by Gasteiger charge is -2.14. The van der Waals surface area contributed by atoms with Crippen molar-refractivity contribution in [3.8, 4) is 41.3 Å². The number of ether oxygens (including phenoxy) is 4. The summed E-state index contributed by atoms with van der Waals surface area (Å²) >= 11 is 0. The highest BCUT2D eigenvalue weighted by molar-refractivity contribution is 6.04. The maximum absolute atomic E-state index is 13.0. The van der Waals surface area contributed by atoms with Crippen LogP contribution < -0.4 is 23.8 Å². The highest BCUT2D eigenvalue weighted by Crippen LogP contribution is 2.34. The first kappa shape index (κ1) is 31.9. The maximum Gasteiger partial charge on any atom is 0.344 e. The largest absolute Gasteiger partial charge is 0.490 e. The number of benzene rings is 5. The molecule has 11 heteroatoms. The van der Waals surface area contributed by atoms with E-state index in [1.165, 1.54) is 30.3 Å². The molecule has 236 valence electrons. The van der Waals surface area contributed by atoms with Gasteiger partial charge in [0.1, 0.15) is 48.9 Å². The number of terminal acetylenes is 1. The number of carboxylic acid groups (broad SMARTS) is 2. The van der Waals surface area contributed by atoms with Crippen LogP contribution in [-0.2, 0) is 11.5 Å². The molecule has 0 amide bonds. The zero-order valence-electron chi connectivity index (χ0n) is 24.6. The number of rotatable bonds is 14. The van der Waals surface area contributed by atoms with Crippen LogP contribution in [0.15, 0.2) is 103 Å². The average molecular weight is 635 g/mol. The Kier molecular flexibility index (Phi) is 10.2. The van der Waals surface area contributed by atoms with Gasteiger partial charge in [-0.05, 0) is 60.2 Å². The molecule has 47 heavy (non-hydrogen) atoms. The van der Waals surface area contributed by atoms with Crippen LogP contribution in [0.1, 0.15) is 36.6 Å². The smallest absolute Gasteiger partial charge is 0.344 e. The van der Waals surface area contributed by atoms with Crippen molar-refractivity contribution < 1.29 is 53.3 Å². The van der Waals surface area contributed by atoms with Crippen LogP contribution in [0, 0.1) is 12.5 Å². The zero-order chi connectivity index (χ0) is 33.2. The summed E-state index contributed by atoms with van der Waals surface area (Å²) < 4.78 is 21.7. The summed E-state index contributed by atoms with van der Waals surface area (Å²) in [7, 11) is 0. The predicted octanol–water partition coefficient (Wildman–Crippen LogP) is 6.39. The third-order valence-corrected chi connectivity index (χ3v) is 6.70. The van der Waals surface area contributed by atoms with E-state index in [-0.39, 0.29) is 53.8 Å². The lowest BCUT2D eigenvalue weighted by Crippen LogP contribution is -2.14. The number of aromatic carboxylic acids is 2. The Morgan fingerprint density at radius 1 is 0.638 bits per heavy atom. The second kappa shape index (κ2) is 15.0. The van der Waals surface area contributed by atoms with Crippen LogP contribution in [-0.4, -0.2) is 41.3 Å². The van der Waals surface area contributed by atoms with Gasteiger partial charge in [-0.25, -0.2) is 14.4 Å². The normalized spacial score (nSPS) is 10.4. The summed E-state index contributed by atoms with van der Waals surface area (Å²) in [5.41, 5.74) is -0.242. The SMILES string of the molecule is C#COc1ccc(C(=O)Oc2ccc(OOCc3ccc(OCCOc4ccccc4)cc3C(=O)O)c3ccccc23)c(C(=O)O)c1. The number of carbonyl (C=O) groups is 3. The van der Waals surface area contributed by atoms with Crippen LogP contribution in [0.2, 0.25) is 0 Å². The Morgan fingerprint density at radius 2 is 1.26 bits per heavy atom. The monoisotopic (exact) mass is 634 g/mol. The van der Waals surface area contributed by atoms with Crippen LogP contribution in [0.5, 0.6) is 28.7 Å². The van der Waals surface area contributed by atoms with Crippen molar-refractivity contribution in [2.75, 3.05) is 13.2 Å². The molecule has 0 aliphatic heterocycles. The molecule has 0 fully saturated rings. The maximum atomic E-state index is 13.0. The summed E-state index contributed by atoms with van der Waals surface area (Å²) in [6.45, 7) is 0.275. The quantitative estimate of drug-likeness (QED) is 0.0350. The Labute approximate surface area is 268 Å². The molecule has 0 heterocycles. The fourth-order valence-electron chi connectivity index (χ4n) is 4.53. The Morgan fingerprint density at radius 3 is 1.96 bits per heavy atom. The molecule has 0 aliphatic carbocycles. The lowest BCUT2D eigenvalue weighted by atomic mass is 10.1. The summed E-state index contributed by atoms with van der Waals surface area (Å²) in [6.07, 6.45) is 7.05. The number of carboxylic acids is 2. The van der Waals surface area contributed by atoms with E-state index in [2.05, 4.69) is 0 Å². The molecule has 0 aromatic heterocycles. The third-order valence-electron chi connectivity index (χ3n) is 6.70. The molecule has 0 bridgehead atoms. The Hall–Kier alpha value is -6.51. The van der Waals surface area contributed by atoms with E-state index < -0.39 is 17.9 Å². The topological polar surface area (TPSA) is 147 Å². The standard InChI is InChI=1S/C36H26O11/c1-2-42-25-14-15-29(31(21-25)35(39)40)36(41)46-32-16-17-33(28-11-7-6-10-27(28)32)47-45-22-23-12-13-26(20-30(23)34(37)38)44-19-18-43-24-8-4-3-5-9-24/h1,3-17,20-21H,18-19,22H2,(H,37,38)(H,39,40). The van der Waals surface area contributed by atoms with E-state index in [0.717, 1.165) is 6.07 Å². The first-order valence-electron chi connectivity index (χ1n) is 14.0. The molecule has 0 saturated carbocycles. The van der Waals surface area contributed by atoms with E-state index in [9.17, 15) is 24.6 Å². The van der Waals surface area contributed by atoms with Crippen molar-refractivity contribution in [1.82, 2.24) is 0 Å². The lowest BCUT2D eigenvalue weighted by molar-refractivity contribution is -0.216. The third kappa shape index (κ3) is 7.96. The van der Waals surface area contributed by atoms with Crippen molar-refractivity contribution in [3.05, 3.63) is 125 Å². The fourth-order valence-corrected chi connectivity index (χ4v) is 4.53. The van der Waals surface area contributed by atoms with Gasteiger partial charge >= 0.3 is 17.9 Å². The molecular formula is C36H26O11. The van der Waals surface area contributed by atoms with Gasteiger partial charge in [0, 0.05) is 10.8 Å². The fraction of sp³-hybridized carbons (Fsp3) is 0.0833. The van der Waals surface area contributed by atoms with Crippen molar-refractivity contribution in [1.29, 1.82) is 0 Å². The summed E-state index contributed by atoms with van der Waals surface area (Å²) in [6, 6.07) is 27.4. The molecule has 0 radical (unpaired) electrons. The highest BCUT2D eigenvalue weighted by Gasteiger charge is 2.21. The van der Waals surface area contributed by atoms with Crippen molar-refractivity contribution in [3.63, 3.8) is 0 Å². The number of esters is 1. The van der Waals surface area contributed by atoms with Gasteiger partial charge in [-0.15, -0.1) is 0 Å². The molecule has 11 nitrogen and oxygen atoms in total. The second-order valence-electron chi connectivity index (χ2n) is 9.71. The number of hydrogen-bond donors (Lipinski definition) is 2. The molecule has 5 aromatic carbocycles. The van der Waals surface area contributed by atoms with Gasteiger partial charge in [0.15, 0.2) is 5.75 Å². The van der Waals surface area contributed by atoms with Gasteiger partial charge in [0.25, 0.3) is 0 Å². The van der Waals surface area contributed by atoms with Crippen LogP contribution in [0.4, 0.5) is 0 Å². The van der Waals surface area contributed by atoms with Gasteiger partial charge in [-0.2, -0.15) is 4.89 Å². The average Bonchev–Trinajstić information content (AvgIpc) is 3.08. The van der Waals surface area contributed by atoms with E-state index in [4.69, 9.17) is 35.1 Å². The minimum absolute atomic E-state index is 0.0261. The molecular weight excluding hydrogens is 608 g/mol. The number of fused-ring (bicyclic) bond motifs is 1. The number of para-hydroxylation sites is 1. The molecule has 0 aliphatic rings. The minimum Gasteiger partial charge on any atom is -0.490 e. The molecule has 0 atom stereocenters. The summed E-state index contributed by atoms with van der Waals surface area (Å²) in [5.74, 6) is -1.92. The Bertz CT molecular complexity index is 1960. The van der Waals surface area contributed by atoms with E-state index in [1.807, 2.05) is 36.4 Å². The summed E-state index contributed by atoms with van der Waals surface area (Å²) in [5, 5.41) is 20.3. The highest BCUT2D eigenvalue weighted by atomic mass is 17.2. The number of hydrogen-bond acceptors (Lipinski definition) is 9. The van der Waals surface area contributed by atoms with Gasteiger partial charge in [-0.1, -0.05) is 55.0 Å². The first-order valence-corrected chi connectivity index (χ1v) is 14.0. The van der Waals surface area contributed by atoms with Gasteiger partial charge in [0.05, 0.1) is 16.7 Å². The van der Waals surface area contributed by atoms with E-state index in [0.29, 0.717) is 27.8 Å². The molecule has 5 aromatic rings. The van der Waals surface area contributed by atoms with Gasteiger partial charge in [-0.3, -0.25) is 0 Å². The predicted molar refractivity (Wildman–Crippen MR) is 168 cm³/mol. The molecule has 0 unspecified atom stereocenters. The summed E-state index contributed by atoms with van der Waals surface area (Å²) in [4.78, 5) is 47.8. The molecule has 5 rings (SSSR count). The molecule has 0 spiro atoms. The van der Waals surface area contributed by atoms with Crippen molar-refractivity contribution in [2.24, 2.45) is 0 Å². The van der Waals surface area contributed by atoms with Gasteiger partial charge in [0.2, 0.25) is 0 Å². The van der Waals surface area contributed by atoms with E-state index in [1.54, 1.807) is 36.4 Å². The molecule has 2 N–H and O–H groups in total. The van der Waals surface area contributed by atoms with Gasteiger partial charge < -0.3 is 34.0 Å². The first-order chi connectivity index (χ1) is 22.8. The minimum atomic E-state index is -1.37.